The number of aromatic nitrogens is 4. The molecule has 26 heteroatoms. The van der Waals surface area contributed by atoms with Gasteiger partial charge in [0.2, 0.25) is 12.0 Å². The van der Waals surface area contributed by atoms with E-state index in [1.807, 2.05) is 97.9 Å². The number of nitrogens with zero attached hydrogens (tertiary/aromatic N) is 4. The fourth-order valence-electron chi connectivity index (χ4n) is 12.9. The number of carbonyl (C=O) groups is 1. The van der Waals surface area contributed by atoms with Crippen molar-refractivity contribution in [1.29, 1.82) is 0 Å². The van der Waals surface area contributed by atoms with Crippen molar-refractivity contribution in [3.8, 4) is 73.3 Å². The van der Waals surface area contributed by atoms with Crippen LogP contribution in [0.2, 0.25) is 5.02 Å². The van der Waals surface area contributed by atoms with Crippen LogP contribution in [0.1, 0.15) is 46.0 Å². The maximum Gasteiger partial charge on any atom is 0.347 e. The summed E-state index contributed by atoms with van der Waals surface area (Å²) < 4.78 is 129. The molecule has 108 heavy (non-hydrogen) atoms. The molecule has 1 aliphatic rings. The topological polar surface area (TPSA) is 252 Å². The van der Waals surface area contributed by atoms with E-state index in [1.165, 1.54) is 61.2 Å². The van der Waals surface area contributed by atoms with Crippen molar-refractivity contribution in [2.75, 3.05) is 69.1 Å². The average molecular weight is 1530 g/mol. The third-order valence-electron chi connectivity index (χ3n) is 18.3. The second-order valence-corrected chi connectivity index (χ2v) is 28.1. The molecule has 0 amide bonds. The minimum atomic E-state index is -4.38. The predicted molar refractivity (Wildman–Crippen MR) is 403 cm³/mol. The van der Waals surface area contributed by atoms with Gasteiger partial charge in [-0.3, -0.25) is 4.18 Å². The number of fused-ring (bicyclic) bond motifs is 1. The quantitative estimate of drug-likeness (QED) is 0.0228. The molecule has 1 aliphatic heterocycles. The van der Waals surface area contributed by atoms with Crippen molar-refractivity contribution in [2.45, 2.75) is 87.2 Å². The molecule has 0 spiro atoms. The van der Waals surface area contributed by atoms with Crippen molar-refractivity contribution in [3.63, 3.8) is 0 Å². The first-order chi connectivity index (χ1) is 52.4. The third kappa shape index (κ3) is 17.4. The highest BCUT2D eigenvalue weighted by Gasteiger charge is 2.48. The van der Waals surface area contributed by atoms with E-state index in [0.717, 1.165) is 11.1 Å². The number of esters is 1. The maximum absolute atomic E-state index is 14.9. The van der Waals surface area contributed by atoms with Crippen molar-refractivity contribution in [3.05, 3.63) is 250 Å². The van der Waals surface area contributed by atoms with Crippen LogP contribution in [0.5, 0.6) is 40.4 Å². The summed E-state index contributed by atoms with van der Waals surface area (Å²) in [7, 11) is 5.00. The number of halogens is 2. The first-order valence-corrected chi connectivity index (χ1v) is 37.0. The number of phenolic OH excluding ortho intramolecular Hbond substituents is 1. The highest BCUT2D eigenvalue weighted by Crippen LogP contribution is 2.50. The molecule has 7 atom stereocenters. The number of rotatable bonds is 33. The smallest absolute Gasteiger partial charge is 0.347 e. The normalized spacial score (nSPS) is 16.5. The van der Waals surface area contributed by atoms with Gasteiger partial charge in [-0.25, -0.2) is 29.1 Å². The largest absolute Gasteiger partial charge is 0.508 e. The van der Waals surface area contributed by atoms with Crippen LogP contribution in [0.4, 0.5) is 4.39 Å². The Morgan fingerprint density at radius 2 is 1.36 bits per heavy atom. The summed E-state index contributed by atoms with van der Waals surface area (Å²) in [4.78, 5) is 34.2. The predicted octanol–water partition coefficient (Wildman–Crippen LogP) is 14.7. The fourth-order valence-corrected chi connectivity index (χ4v) is 15.2. The van der Waals surface area contributed by atoms with Crippen LogP contribution < -0.4 is 28.4 Å². The van der Waals surface area contributed by atoms with E-state index in [4.69, 9.17) is 87.3 Å². The van der Waals surface area contributed by atoms with Crippen LogP contribution in [0.15, 0.2) is 205 Å². The Morgan fingerprint density at radius 1 is 0.676 bits per heavy atom. The van der Waals surface area contributed by atoms with Crippen LogP contribution in [0.25, 0.3) is 43.2 Å². The lowest BCUT2D eigenvalue weighted by Gasteiger charge is -2.44. The minimum Gasteiger partial charge on any atom is -0.508 e. The number of hydrogen-bond acceptors (Lipinski definition) is 23. The second kappa shape index (κ2) is 35.3. The number of aromatic hydroxyl groups is 1. The summed E-state index contributed by atoms with van der Waals surface area (Å²) in [5.74, 6) is 1.16. The SMILES string of the molecule is CCOC(=O)[C@@H](Cc1cc(O)ccc1OCc1ccnc(-c2cccc(OC[C@H]3O[C@H](OC)[C@@H](OC)[C@@H](OC)[C@@H]3OC)c2)n1)Oc1ncnc2sc(-c3ccc(F)cc3)c(-c3ccc(O[C@H](COC(c4ccccc4)(c4ccc(OC)cc4)c4ccc(OC)cc4)COS(=O)(=O)c4ccc(C)cc4)c(Cl)c3C)c12. The number of benzene rings is 8. The Hall–Kier alpha value is -10.2. The lowest BCUT2D eigenvalue weighted by atomic mass is 9.80. The monoisotopic (exact) mass is 1530 g/mol. The van der Waals surface area contributed by atoms with Crippen molar-refractivity contribution in [1.82, 2.24) is 19.9 Å². The molecular weight excluding hydrogens is 1450 g/mol. The number of methoxy groups -OCH3 is 6. The molecule has 0 radical (unpaired) electrons. The molecule has 1 saturated heterocycles. The zero-order valence-electron chi connectivity index (χ0n) is 60.6. The second-order valence-electron chi connectivity index (χ2n) is 25.1. The summed E-state index contributed by atoms with van der Waals surface area (Å²) in [6, 6.07) is 53.6. The van der Waals surface area contributed by atoms with Gasteiger partial charge in [-0.2, -0.15) is 8.42 Å². The molecule has 1 N–H and O–H groups in total. The van der Waals surface area contributed by atoms with Gasteiger partial charge < -0.3 is 66.7 Å². The van der Waals surface area contributed by atoms with Gasteiger partial charge in [0.05, 0.1) is 48.4 Å². The minimum absolute atomic E-state index is 0.0140. The number of thiophene rings is 1. The van der Waals surface area contributed by atoms with Gasteiger partial charge in [-0.05, 0) is 145 Å². The Morgan fingerprint density at radius 3 is 2.03 bits per heavy atom. The molecule has 8 aromatic carbocycles. The molecule has 0 unspecified atom stereocenters. The Labute approximate surface area is 634 Å². The van der Waals surface area contributed by atoms with E-state index >= 15 is 0 Å². The van der Waals surface area contributed by atoms with Crippen molar-refractivity contribution >= 4 is 49.2 Å². The van der Waals surface area contributed by atoms with Gasteiger partial charge in [0.25, 0.3) is 10.1 Å². The zero-order valence-corrected chi connectivity index (χ0v) is 63.0. The first-order valence-electron chi connectivity index (χ1n) is 34.4. The highest BCUT2D eigenvalue weighted by molar-refractivity contribution is 7.86. The molecule has 11 aromatic rings. The molecule has 3 aromatic heterocycles. The van der Waals surface area contributed by atoms with E-state index in [9.17, 15) is 22.7 Å². The lowest BCUT2D eigenvalue weighted by Crippen LogP contribution is -2.61. The fraction of sp³-hybridized carbons (Fsp3) is 0.280. The summed E-state index contributed by atoms with van der Waals surface area (Å²) >= 11 is 8.84. The molecule has 0 aliphatic carbocycles. The van der Waals surface area contributed by atoms with Gasteiger partial charge in [-0.1, -0.05) is 114 Å². The third-order valence-corrected chi connectivity index (χ3v) is 21.3. The number of ether oxygens (including phenoxy) is 13. The Bertz CT molecular complexity index is 4940. The van der Waals surface area contributed by atoms with Crippen LogP contribution in [-0.2, 0) is 70.9 Å². The maximum atomic E-state index is 14.9. The number of phenols is 1. The number of carbonyl (C=O) groups excluding carboxylic acids is 1. The molecule has 0 bridgehead atoms. The molecule has 22 nitrogen and oxygen atoms in total. The van der Waals surface area contributed by atoms with Gasteiger partial charge in [0.15, 0.2) is 12.1 Å². The van der Waals surface area contributed by atoms with Crippen LogP contribution in [0, 0.1) is 19.7 Å². The van der Waals surface area contributed by atoms with Crippen molar-refractivity contribution < 1.29 is 88.5 Å². The number of aryl methyl sites for hydroxylation is 1. The lowest BCUT2D eigenvalue weighted by molar-refractivity contribution is -0.305. The van der Waals surface area contributed by atoms with Crippen LogP contribution in [0.3, 0.4) is 0 Å². The van der Waals surface area contributed by atoms with E-state index in [1.54, 1.807) is 116 Å². The summed E-state index contributed by atoms with van der Waals surface area (Å²) in [6.07, 6.45) is -2.79. The summed E-state index contributed by atoms with van der Waals surface area (Å²) in [5, 5.41) is 11.5. The molecule has 12 rings (SSSR count). The molecule has 1 fully saturated rings. The van der Waals surface area contributed by atoms with E-state index in [-0.39, 0.29) is 65.9 Å². The molecule has 562 valence electrons. The zero-order chi connectivity index (χ0) is 76.1. The van der Waals surface area contributed by atoms with Crippen LogP contribution >= 0.6 is 22.9 Å². The van der Waals surface area contributed by atoms with Gasteiger partial charge in [0.1, 0.15) is 107 Å². The molecule has 0 saturated carbocycles. The van der Waals surface area contributed by atoms with Gasteiger partial charge in [-0.15, -0.1) is 11.3 Å². The van der Waals surface area contributed by atoms with Gasteiger partial charge >= 0.3 is 5.97 Å². The van der Waals surface area contributed by atoms with Crippen LogP contribution in [-0.4, -0.2) is 151 Å². The highest BCUT2D eigenvalue weighted by atomic mass is 35.5. The summed E-state index contributed by atoms with van der Waals surface area (Å²) in [6.45, 7) is 4.47. The summed E-state index contributed by atoms with van der Waals surface area (Å²) in [5.41, 5.74) is 5.24. The molecule has 4 heterocycles. The van der Waals surface area contributed by atoms with E-state index in [2.05, 4.69) is 9.97 Å². The number of hydrogen-bond donors (Lipinski definition) is 1. The first kappa shape index (κ1) is 77.5. The average Bonchev–Trinajstić information content (AvgIpc) is 1.18. The van der Waals surface area contributed by atoms with Crippen molar-refractivity contribution in [2.24, 2.45) is 0 Å². The van der Waals surface area contributed by atoms with Gasteiger partial charge in [0, 0.05) is 62.6 Å². The van der Waals surface area contributed by atoms with E-state index < -0.39 is 77.0 Å². The standard InChI is InChI=1S/C82H80ClFN4O18S2/c1-10-99-80(90)68(43-53-41-59(89)29-37-66(53)101-44-58-39-40-85-77(88-58)52-15-14-18-62(42-52)100-47-69-73(95-6)74(96-7)75(97-8)81(98-9)106-69)105-78-71-70(76(107-79(71)87-48-86-78)51-21-27-57(84)28-22-51)65-36-38-67(72(83)50(65)3)104-63(46-103-108(91,92)64-34-19-49(2)20-35-64)45-102-82(54-16-12-11-13-17-54,55-23-30-60(93-4)31-24-55)56-25-32-61(94-5)33-26-56/h11-42,48,63,68-69,73-75,81,89H,10,43-47H2,1-9H3/t63-,68-,69-,73-,74+,75+,81+/m1/s1. The van der Waals surface area contributed by atoms with E-state index in [0.29, 0.717) is 88.4 Å². The molecular formula is C82H80ClFN4O18S2. The Kier molecular flexibility index (Phi) is 25.3. The Balaban J connectivity index is 0.851.